The third kappa shape index (κ3) is 3.49. The molecule has 0 saturated heterocycles. The number of halogens is 3. The van der Waals surface area contributed by atoms with E-state index in [-0.39, 0.29) is 6.04 Å². The molecule has 2 aromatic rings. The highest BCUT2D eigenvalue weighted by molar-refractivity contribution is 9.10. The molecule has 0 bridgehead atoms. The molecule has 0 aliphatic carbocycles. The normalized spacial score (nSPS) is 12.7. The van der Waals surface area contributed by atoms with Gasteiger partial charge in [0, 0.05) is 16.1 Å². The van der Waals surface area contributed by atoms with Crippen LogP contribution in [0.15, 0.2) is 34.8 Å². The number of thiophene rings is 1. The van der Waals surface area contributed by atoms with E-state index in [4.69, 9.17) is 23.2 Å². The third-order valence-electron chi connectivity index (χ3n) is 2.76. The Labute approximate surface area is 129 Å². The van der Waals surface area contributed by atoms with Gasteiger partial charge < -0.3 is 5.32 Å². The Morgan fingerprint density at radius 3 is 2.44 bits per heavy atom. The first-order chi connectivity index (χ1) is 8.60. The molecule has 1 heterocycles. The first-order valence-corrected chi connectivity index (χ1v) is 7.83. The summed E-state index contributed by atoms with van der Waals surface area (Å²) >= 11 is 17.0. The third-order valence-corrected chi connectivity index (χ3v) is 4.81. The van der Waals surface area contributed by atoms with E-state index in [9.17, 15) is 0 Å². The lowest BCUT2D eigenvalue weighted by Crippen LogP contribution is -2.18. The second kappa shape index (κ2) is 6.40. The van der Waals surface area contributed by atoms with Gasteiger partial charge in [-0.2, -0.15) is 0 Å². The molecule has 0 saturated carbocycles. The van der Waals surface area contributed by atoms with Gasteiger partial charge in [-0.15, -0.1) is 11.3 Å². The molecular weight excluding hydrogens is 353 g/mol. The van der Waals surface area contributed by atoms with E-state index in [2.05, 4.69) is 33.4 Å². The Balaban J connectivity index is 2.19. The van der Waals surface area contributed by atoms with E-state index in [1.54, 1.807) is 0 Å². The SMILES string of the molecule is CNC(Cc1ccc(Br)cc1)c1cc(Cl)sc1Cl. The second-order valence-electron chi connectivity index (χ2n) is 3.95. The van der Waals surface area contributed by atoms with Gasteiger partial charge in [0.2, 0.25) is 0 Å². The maximum absolute atomic E-state index is 6.20. The molecule has 1 N–H and O–H groups in total. The van der Waals surface area contributed by atoms with E-state index < -0.39 is 0 Å². The van der Waals surface area contributed by atoms with Gasteiger partial charge in [-0.05, 0) is 37.2 Å². The number of likely N-dealkylation sites (N-methyl/N-ethyl adjacent to an activating group) is 1. The minimum atomic E-state index is 0.183. The number of nitrogens with one attached hydrogen (secondary N) is 1. The Kier molecular flexibility index (Phi) is 5.10. The van der Waals surface area contributed by atoms with Gasteiger partial charge >= 0.3 is 0 Å². The van der Waals surface area contributed by atoms with Crippen molar-refractivity contribution in [3.63, 3.8) is 0 Å². The largest absolute Gasteiger partial charge is 0.313 e. The zero-order valence-corrected chi connectivity index (χ0v) is 13.6. The van der Waals surface area contributed by atoms with Crippen LogP contribution >= 0.6 is 50.5 Å². The van der Waals surface area contributed by atoms with Crippen LogP contribution in [0, 0.1) is 0 Å². The molecule has 0 radical (unpaired) electrons. The van der Waals surface area contributed by atoms with Crippen LogP contribution in [0.25, 0.3) is 0 Å². The highest BCUT2D eigenvalue weighted by Gasteiger charge is 2.16. The van der Waals surface area contributed by atoms with Gasteiger partial charge in [-0.3, -0.25) is 0 Å². The summed E-state index contributed by atoms with van der Waals surface area (Å²) in [6, 6.07) is 10.4. The molecule has 18 heavy (non-hydrogen) atoms. The van der Waals surface area contributed by atoms with Crippen molar-refractivity contribution in [3.8, 4) is 0 Å². The van der Waals surface area contributed by atoms with Crippen LogP contribution in [0.2, 0.25) is 8.67 Å². The molecule has 2 rings (SSSR count). The van der Waals surface area contributed by atoms with Crippen molar-refractivity contribution in [2.24, 2.45) is 0 Å². The average molecular weight is 365 g/mol. The van der Waals surface area contributed by atoms with Crippen molar-refractivity contribution in [3.05, 3.63) is 54.6 Å². The number of benzene rings is 1. The van der Waals surface area contributed by atoms with Crippen molar-refractivity contribution in [2.45, 2.75) is 12.5 Å². The highest BCUT2D eigenvalue weighted by atomic mass is 79.9. The molecule has 96 valence electrons. The Morgan fingerprint density at radius 1 is 1.28 bits per heavy atom. The predicted octanol–water partition coefficient (Wildman–Crippen LogP) is 5.32. The Hall–Kier alpha value is -0.0600. The molecule has 5 heteroatoms. The van der Waals surface area contributed by atoms with Gasteiger partial charge in [0.25, 0.3) is 0 Å². The second-order valence-corrected chi connectivity index (χ2v) is 7.15. The van der Waals surface area contributed by atoms with E-state index in [1.165, 1.54) is 16.9 Å². The molecular formula is C13H12BrCl2NS. The molecule has 0 aliphatic rings. The van der Waals surface area contributed by atoms with Crippen LogP contribution in [-0.4, -0.2) is 7.05 Å². The van der Waals surface area contributed by atoms with Gasteiger partial charge in [0.05, 0.1) is 8.67 Å². The lowest BCUT2D eigenvalue weighted by atomic mass is 10.0. The van der Waals surface area contributed by atoms with Crippen molar-refractivity contribution >= 4 is 50.5 Å². The Bertz CT molecular complexity index is 524. The fraction of sp³-hybridized carbons (Fsp3) is 0.231. The van der Waals surface area contributed by atoms with E-state index in [0.717, 1.165) is 25.1 Å². The van der Waals surface area contributed by atoms with Gasteiger partial charge in [-0.1, -0.05) is 51.3 Å². The summed E-state index contributed by atoms with van der Waals surface area (Å²) in [6.45, 7) is 0. The van der Waals surface area contributed by atoms with Crippen molar-refractivity contribution in [1.82, 2.24) is 5.32 Å². The summed E-state index contributed by atoms with van der Waals surface area (Å²) in [5.41, 5.74) is 2.33. The number of hydrogen-bond acceptors (Lipinski definition) is 2. The quantitative estimate of drug-likeness (QED) is 0.773. The summed E-state index contributed by atoms with van der Waals surface area (Å²) in [7, 11) is 1.94. The van der Waals surface area contributed by atoms with Crippen LogP contribution in [0.5, 0.6) is 0 Å². The van der Waals surface area contributed by atoms with Crippen molar-refractivity contribution in [2.75, 3.05) is 7.05 Å². The average Bonchev–Trinajstić information content (AvgIpc) is 2.68. The zero-order valence-electron chi connectivity index (χ0n) is 9.71. The smallest absolute Gasteiger partial charge is 0.0992 e. The monoisotopic (exact) mass is 363 g/mol. The molecule has 1 aromatic carbocycles. The highest BCUT2D eigenvalue weighted by Crippen LogP contribution is 2.36. The predicted molar refractivity (Wildman–Crippen MR) is 84.0 cm³/mol. The molecule has 0 aliphatic heterocycles. The minimum Gasteiger partial charge on any atom is -0.313 e. The minimum absolute atomic E-state index is 0.183. The molecule has 1 atom stereocenters. The van der Waals surface area contributed by atoms with E-state index in [1.807, 2.05) is 25.2 Å². The lowest BCUT2D eigenvalue weighted by molar-refractivity contribution is 0.594. The summed E-state index contributed by atoms with van der Waals surface area (Å²) < 4.78 is 2.58. The summed E-state index contributed by atoms with van der Waals surface area (Å²) in [4.78, 5) is 0. The van der Waals surface area contributed by atoms with Crippen LogP contribution in [0.4, 0.5) is 0 Å². The van der Waals surface area contributed by atoms with E-state index in [0.29, 0.717) is 0 Å². The number of rotatable bonds is 4. The molecule has 0 fully saturated rings. The molecule has 0 spiro atoms. The topological polar surface area (TPSA) is 12.0 Å². The first kappa shape index (κ1) is 14.4. The van der Waals surface area contributed by atoms with Crippen LogP contribution < -0.4 is 5.32 Å². The zero-order chi connectivity index (χ0) is 13.1. The number of hydrogen-bond donors (Lipinski definition) is 1. The fourth-order valence-electron chi connectivity index (χ4n) is 1.81. The lowest BCUT2D eigenvalue weighted by Gasteiger charge is -2.15. The molecule has 0 amide bonds. The maximum Gasteiger partial charge on any atom is 0.0992 e. The van der Waals surface area contributed by atoms with E-state index >= 15 is 0 Å². The van der Waals surface area contributed by atoms with Crippen molar-refractivity contribution < 1.29 is 0 Å². The van der Waals surface area contributed by atoms with Gasteiger partial charge in [0.15, 0.2) is 0 Å². The van der Waals surface area contributed by atoms with Crippen LogP contribution in [0.3, 0.4) is 0 Å². The fourth-order valence-corrected chi connectivity index (χ4v) is 3.66. The molecule has 1 nitrogen and oxygen atoms in total. The summed E-state index contributed by atoms with van der Waals surface area (Å²) in [6.07, 6.45) is 0.885. The van der Waals surface area contributed by atoms with Gasteiger partial charge in [0.1, 0.15) is 0 Å². The maximum atomic E-state index is 6.20. The summed E-state index contributed by atoms with van der Waals surface area (Å²) in [5, 5.41) is 3.29. The van der Waals surface area contributed by atoms with Crippen molar-refractivity contribution in [1.29, 1.82) is 0 Å². The van der Waals surface area contributed by atoms with Crippen LogP contribution in [0.1, 0.15) is 17.2 Å². The first-order valence-electron chi connectivity index (χ1n) is 5.46. The standard InChI is InChI=1S/C13H12BrCl2NS/c1-17-11(10-7-12(15)18-13(10)16)6-8-2-4-9(14)5-3-8/h2-5,7,11,17H,6H2,1H3. The van der Waals surface area contributed by atoms with Crippen LogP contribution in [-0.2, 0) is 6.42 Å². The van der Waals surface area contributed by atoms with Gasteiger partial charge in [-0.25, -0.2) is 0 Å². The molecule has 1 unspecified atom stereocenters. The summed E-state index contributed by atoms with van der Waals surface area (Å²) in [5.74, 6) is 0. The molecule has 1 aromatic heterocycles. The Morgan fingerprint density at radius 2 is 1.94 bits per heavy atom.